The second kappa shape index (κ2) is 7.30. The van der Waals surface area contributed by atoms with Gasteiger partial charge in [0, 0.05) is 6.42 Å². The Labute approximate surface area is 94.4 Å². The van der Waals surface area contributed by atoms with E-state index in [9.17, 15) is 4.79 Å². The third-order valence-electron chi connectivity index (χ3n) is 1.79. The molecule has 4 heteroatoms. The zero-order chi connectivity index (χ0) is 11.6. The van der Waals surface area contributed by atoms with E-state index in [1.165, 1.54) is 0 Å². The van der Waals surface area contributed by atoms with E-state index in [1.807, 2.05) is 30.3 Å². The minimum absolute atomic E-state index is 0.195. The topological polar surface area (TPSA) is 59.3 Å². The molecular weight excluding hydrogens is 206 g/mol. The summed E-state index contributed by atoms with van der Waals surface area (Å²) in [5.41, 5.74) is 0. The fourth-order valence-electron chi connectivity index (χ4n) is 1.07. The summed E-state index contributed by atoms with van der Waals surface area (Å²) in [6.07, 6.45) is 0.422. The molecule has 4 nitrogen and oxygen atoms in total. The molecule has 0 aromatic heterocycles. The van der Waals surface area contributed by atoms with Crippen LogP contribution in [-0.2, 0) is 9.53 Å². The molecular formula is C12H13NO3. The molecule has 0 atom stereocenters. The van der Waals surface area contributed by atoms with Gasteiger partial charge in [0.15, 0.2) is 0 Å². The summed E-state index contributed by atoms with van der Waals surface area (Å²) in [6, 6.07) is 11.1. The number of benzene rings is 1. The van der Waals surface area contributed by atoms with Crippen molar-refractivity contribution >= 4 is 5.97 Å². The molecule has 0 saturated heterocycles. The van der Waals surface area contributed by atoms with E-state index >= 15 is 0 Å². The van der Waals surface area contributed by atoms with Crippen molar-refractivity contribution in [2.24, 2.45) is 0 Å². The van der Waals surface area contributed by atoms with Crippen LogP contribution in [0, 0.1) is 11.3 Å². The van der Waals surface area contributed by atoms with Gasteiger partial charge >= 0.3 is 5.97 Å². The van der Waals surface area contributed by atoms with E-state index < -0.39 is 5.97 Å². The van der Waals surface area contributed by atoms with E-state index in [-0.39, 0.29) is 13.0 Å². The van der Waals surface area contributed by atoms with Gasteiger partial charge in [-0.25, -0.2) is 0 Å². The summed E-state index contributed by atoms with van der Waals surface area (Å²) in [5, 5.41) is 8.21. The SMILES string of the molecule is N#CCC(=O)OCCCOc1ccccc1. The molecule has 0 aliphatic heterocycles. The summed E-state index contributed by atoms with van der Waals surface area (Å²) in [6.45, 7) is 0.775. The zero-order valence-electron chi connectivity index (χ0n) is 8.89. The molecule has 1 rings (SSSR count). The number of para-hydroxylation sites is 1. The van der Waals surface area contributed by atoms with Crippen LogP contribution in [0.4, 0.5) is 0 Å². The average Bonchev–Trinajstić information content (AvgIpc) is 2.30. The van der Waals surface area contributed by atoms with Crippen LogP contribution < -0.4 is 4.74 Å². The number of hydrogen-bond acceptors (Lipinski definition) is 4. The molecule has 0 amide bonds. The van der Waals surface area contributed by atoms with E-state index in [4.69, 9.17) is 14.7 Å². The van der Waals surface area contributed by atoms with Crippen LogP contribution in [0.25, 0.3) is 0 Å². The minimum Gasteiger partial charge on any atom is -0.493 e. The van der Waals surface area contributed by atoms with Crippen molar-refractivity contribution in [1.82, 2.24) is 0 Å². The predicted octanol–water partition coefficient (Wildman–Crippen LogP) is 1.91. The number of carbonyl (C=O) groups excluding carboxylic acids is 1. The van der Waals surface area contributed by atoms with Gasteiger partial charge in [-0.05, 0) is 12.1 Å². The first-order valence-electron chi connectivity index (χ1n) is 5.03. The zero-order valence-corrected chi connectivity index (χ0v) is 8.89. The summed E-state index contributed by atoms with van der Waals surface area (Å²) >= 11 is 0. The maximum absolute atomic E-state index is 10.8. The van der Waals surface area contributed by atoms with Crippen LogP contribution in [0.1, 0.15) is 12.8 Å². The second-order valence-electron chi connectivity index (χ2n) is 3.07. The fraction of sp³-hybridized carbons (Fsp3) is 0.333. The van der Waals surface area contributed by atoms with Crippen LogP contribution in [0.3, 0.4) is 0 Å². The molecule has 84 valence electrons. The van der Waals surface area contributed by atoms with Crippen molar-refractivity contribution in [1.29, 1.82) is 5.26 Å². The first-order chi connectivity index (χ1) is 7.83. The molecule has 0 radical (unpaired) electrons. The van der Waals surface area contributed by atoms with Gasteiger partial charge in [0.2, 0.25) is 0 Å². The molecule has 1 aromatic carbocycles. The van der Waals surface area contributed by atoms with Crippen molar-refractivity contribution in [2.75, 3.05) is 13.2 Å². The van der Waals surface area contributed by atoms with E-state index in [0.717, 1.165) is 5.75 Å². The molecule has 0 N–H and O–H groups in total. The van der Waals surface area contributed by atoms with E-state index in [0.29, 0.717) is 13.0 Å². The van der Waals surface area contributed by atoms with Crippen molar-refractivity contribution < 1.29 is 14.3 Å². The van der Waals surface area contributed by atoms with Gasteiger partial charge in [-0.2, -0.15) is 5.26 Å². The van der Waals surface area contributed by atoms with Crippen LogP contribution in [-0.4, -0.2) is 19.2 Å². The minimum atomic E-state index is -0.484. The predicted molar refractivity (Wildman–Crippen MR) is 57.7 cm³/mol. The Morgan fingerprint density at radius 2 is 2.00 bits per heavy atom. The molecule has 0 aliphatic rings. The van der Waals surface area contributed by atoms with Crippen molar-refractivity contribution in [3.05, 3.63) is 30.3 Å². The molecule has 0 spiro atoms. The Bertz CT molecular complexity index is 356. The molecule has 16 heavy (non-hydrogen) atoms. The first-order valence-corrected chi connectivity index (χ1v) is 5.03. The Kier molecular flexibility index (Phi) is 5.49. The fourth-order valence-corrected chi connectivity index (χ4v) is 1.07. The maximum atomic E-state index is 10.8. The van der Waals surface area contributed by atoms with Crippen LogP contribution in [0.2, 0.25) is 0 Å². The van der Waals surface area contributed by atoms with Gasteiger partial charge in [0.05, 0.1) is 19.3 Å². The number of carbonyl (C=O) groups is 1. The Morgan fingerprint density at radius 3 is 2.69 bits per heavy atom. The maximum Gasteiger partial charge on any atom is 0.320 e. The Balaban J connectivity index is 2.05. The Hall–Kier alpha value is -2.02. The summed E-state index contributed by atoms with van der Waals surface area (Å²) in [4.78, 5) is 10.8. The van der Waals surface area contributed by atoms with Gasteiger partial charge in [-0.3, -0.25) is 4.79 Å². The third kappa shape index (κ3) is 5.01. The van der Waals surface area contributed by atoms with Gasteiger partial charge in [-0.15, -0.1) is 0 Å². The number of nitrogens with zero attached hydrogens (tertiary/aromatic N) is 1. The van der Waals surface area contributed by atoms with Crippen molar-refractivity contribution in [3.8, 4) is 11.8 Å². The van der Waals surface area contributed by atoms with Gasteiger partial charge < -0.3 is 9.47 Å². The highest BCUT2D eigenvalue weighted by Crippen LogP contribution is 2.08. The number of hydrogen-bond donors (Lipinski definition) is 0. The quantitative estimate of drug-likeness (QED) is 0.541. The Morgan fingerprint density at radius 1 is 1.25 bits per heavy atom. The highest BCUT2D eigenvalue weighted by atomic mass is 16.5. The normalized spacial score (nSPS) is 9.19. The molecule has 1 aromatic rings. The largest absolute Gasteiger partial charge is 0.493 e. The highest BCUT2D eigenvalue weighted by molar-refractivity contribution is 5.71. The lowest BCUT2D eigenvalue weighted by atomic mass is 10.3. The molecule has 0 aliphatic carbocycles. The summed E-state index contributed by atoms with van der Waals surface area (Å²) in [5.74, 6) is 0.313. The van der Waals surface area contributed by atoms with Crippen LogP contribution in [0.5, 0.6) is 5.75 Å². The lowest BCUT2D eigenvalue weighted by molar-refractivity contribution is -0.142. The monoisotopic (exact) mass is 219 g/mol. The van der Waals surface area contributed by atoms with Gasteiger partial charge in [-0.1, -0.05) is 18.2 Å². The van der Waals surface area contributed by atoms with E-state index in [1.54, 1.807) is 6.07 Å². The lowest BCUT2D eigenvalue weighted by Gasteiger charge is -2.05. The smallest absolute Gasteiger partial charge is 0.320 e. The number of nitriles is 1. The van der Waals surface area contributed by atoms with Crippen molar-refractivity contribution in [3.63, 3.8) is 0 Å². The molecule has 0 heterocycles. The summed E-state index contributed by atoms with van der Waals surface area (Å²) in [7, 11) is 0. The standard InChI is InChI=1S/C12H13NO3/c13-8-7-12(14)16-10-4-9-15-11-5-2-1-3-6-11/h1-3,5-6H,4,7,9-10H2. The van der Waals surface area contributed by atoms with Gasteiger partial charge in [0.1, 0.15) is 12.2 Å². The number of esters is 1. The molecule has 0 fully saturated rings. The summed E-state index contributed by atoms with van der Waals surface area (Å²) < 4.78 is 10.2. The third-order valence-corrected chi connectivity index (χ3v) is 1.79. The van der Waals surface area contributed by atoms with Gasteiger partial charge in [0.25, 0.3) is 0 Å². The highest BCUT2D eigenvalue weighted by Gasteiger charge is 2.00. The number of ether oxygens (including phenoxy) is 2. The van der Waals surface area contributed by atoms with Crippen molar-refractivity contribution in [2.45, 2.75) is 12.8 Å². The van der Waals surface area contributed by atoms with Crippen LogP contribution >= 0.6 is 0 Å². The lowest BCUT2D eigenvalue weighted by Crippen LogP contribution is -2.08. The average molecular weight is 219 g/mol. The molecule has 0 unspecified atom stereocenters. The number of rotatable bonds is 6. The second-order valence-corrected chi connectivity index (χ2v) is 3.07. The molecule has 0 saturated carbocycles. The first kappa shape index (κ1) is 12.1. The van der Waals surface area contributed by atoms with E-state index in [2.05, 4.69) is 0 Å². The molecule has 0 bridgehead atoms. The van der Waals surface area contributed by atoms with Crippen LogP contribution in [0.15, 0.2) is 30.3 Å².